The summed E-state index contributed by atoms with van der Waals surface area (Å²) in [5.41, 5.74) is 20.5. The molecule has 2 saturated carbocycles. The lowest BCUT2D eigenvalue weighted by Gasteiger charge is -2.50. The van der Waals surface area contributed by atoms with Crippen LogP contribution in [0.15, 0.2) is 340 Å². The number of nitrogens with zero attached hydrogens (tertiary/aromatic N) is 4. The Hall–Kier alpha value is -13.2. The molecule has 2 aromatic heterocycles. The molecule has 4 nitrogen and oxygen atoms in total. The van der Waals surface area contributed by atoms with E-state index < -0.39 is 16.1 Å². The first-order valence-electron chi connectivity index (χ1n) is 46.0. The molecule has 0 spiro atoms. The highest BCUT2D eigenvalue weighted by Gasteiger charge is 2.59. The predicted molar refractivity (Wildman–Crippen MR) is 548 cm³/mol. The third kappa shape index (κ3) is 12.4. The Kier molecular flexibility index (Phi) is 18.4. The van der Waals surface area contributed by atoms with Gasteiger partial charge in [-0.2, -0.15) is 0 Å². The van der Waals surface area contributed by atoms with Crippen LogP contribution in [0.3, 0.4) is 0 Å². The molecule has 4 unspecified atom stereocenters. The summed E-state index contributed by atoms with van der Waals surface area (Å²) < 4.78 is 30.3. The molecule has 18 aromatic carbocycles. The molecule has 128 heavy (non-hydrogen) atoms. The monoisotopic (exact) mass is 1690 g/mol. The first-order valence-corrected chi connectivity index (χ1v) is 53.0. The zero-order valence-electron chi connectivity index (χ0n) is 74.5. The highest BCUT2D eigenvalue weighted by molar-refractivity contribution is 6.89. The average Bonchev–Trinajstić information content (AvgIpc) is 1.66. The zero-order valence-corrected chi connectivity index (χ0v) is 76.5. The summed E-state index contributed by atoms with van der Waals surface area (Å²) in [5, 5.41) is 27.8. The molecule has 0 radical (unpaired) electrons. The van der Waals surface area contributed by atoms with Crippen LogP contribution in [0.2, 0.25) is 39.3 Å². The molecule has 2 fully saturated rings. The van der Waals surface area contributed by atoms with Crippen molar-refractivity contribution in [1.82, 2.24) is 9.97 Å². The standard InChI is InChI=1S/C67H57F2N3.C53H45NSi2/c1-64-29-9-11-31-66(64,3)71(48-20-13-18-46(68)37-48)60-27-25-43(35-58(60)64)62-51-23-7-8-24-52(51)63(57-40-55-53(45-17-15-33-70-41-45)34-42-16-5-6-22-50(42)54(55)39-56(57)62)44-26-28-61-59(36-44)65(2)30-10-12-32-67(65,4)72(61)49-21-14-19-47(69)38-49;1-55(2,3)42-23-21-34-26-39(19-17-36(34)28-42)52-45-15-9-10-16-46(45)53(40-20-18-37-29-43(56(4,5)6)24-22-35(37)27-40)51-32-49-47(41-13-11-25-54-33-41)30-38-12-7-8-14-44(38)48(49)31-50(51)52/h5-8,13-28,33-41H,9-12,29-32H2,1-4H3;7-33H,1-6H3. The molecule has 20 aromatic rings. The quantitative estimate of drug-likeness (QED) is 0.0776. The van der Waals surface area contributed by atoms with Crippen molar-refractivity contribution in [3.8, 4) is 66.8 Å². The van der Waals surface area contributed by atoms with Gasteiger partial charge in [0, 0.05) is 69.5 Å². The van der Waals surface area contributed by atoms with Gasteiger partial charge in [0.25, 0.3) is 0 Å². The lowest BCUT2D eigenvalue weighted by Crippen LogP contribution is -2.54. The van der Waals surface area contributed by atoms with E-state index in [0.717, 1.165) is 79.4 Å². The van der Waals surface area contributed by atoms with Crippen LogP contribution < -0.4 is 20.2 Å². The first kappa shape index (κ1) is 79.4. The van der Waals surface area contributed by atoms with E-state index in [2.05, 4.69) is 354 Å². The molecule has 4 atom stereocenters. The summed E-state index contributed by atoms with van der Waals surface area (Å²) in [6.45, 7) is 24.3. The smallest absolute Gasteiger partial charge is 0.125 e. The molecule has 0 N–H and O–H groups in total. The molecule has 0 saturated heterocycles. The molecule has 4 aliphatic rings. The van der Waals surface area contributed by atoms with Gasteiger partial charge in [-0.05, 0) is 335 Å². The van der Waals surface area contributed by atoms with E-state index in [9.17, 15) is 0 Å². The number of hydrogen-bond acceptors (Lipinski definition) is 4. The van der Waals surface area contributed by atoms with Crippen LogP contribution in [0.4, 0.5) is 31.5 Å². The van der Waals surface area contributed by atoms with E-state index in [1.54, 1.807) is 24.3 Å². The molecular formula is C120H102F2N4Si2. The summed E-state index contributed by atoms with van der Waals surface area (Å²) in [4.78, 5) is 14.1. The largest absolute Gasteiger partial charge is 0.334 e. The molecular weight excluding hydrogens is 1590 g/mol. The second kappa shape index (κ2) is 29.7. The van der Waals surface area contributed by atoms with Crippen LogP contribution in [-0.2, 0) is 10.8 Å². The summed E-state index contributed by atoms with van der Waals surface area (Å²) in [6.07, 6.45) is 16.5. The van der Waals surface area contributed by atoms with Gasteiger partial charge in [0.15, 0.2) is 0 Å². The maximum Gasteiger partial charge on any atom is 0.125 e. The minimum absolute atomic E-state index is 0.163. The van der Waals surface area contributed by atoms with Crippen molar-refractivity contribution >= 4 is 157 Å². The molecule has 0 bridgehead atoms. The van der Waals surface area contributed by atoms with E-state index in [1.807, 2.05) is 49.1 Å². The number of fused-ring (bicyclic) bond motifs is 18. The van der Waals surface area contributed by atoms with E-state index >= 15 is 8.78 Å². The third-order valence-corrected chi connectivity index (χ3v) is 34.9. The maximum absolute atomic E-state index is 15.1. The van der Waals surface area contributed by atoms with Crippen molar-refractivity contribution < 1.29 is 8.78 Å². The Morgan fingerprint density at radius 1 is 0.266 bits per heavy atom. The lowest BCUT2D eigenvalue weighted by atomic mass is 9.61. The third-order valence-electron chi connectivity index (χ3n) is 30.9. The minimum Gasteiger partial charge on any atom is -0.334 e. The zero-order chi connectivity index (χ0) is 87.1. The first-order chi connectivity index (χ1) is 62.0. The summed E-state index contributed by atoms with van der Waals surface area (Å²) in [5.74, 6) is -0.422. The molecule has 8 heteroatoms. The van der Waals surface area contributed by atoms with Gasteiger partial charge in [-0.1, -0.05) is 283 Å². The fourth-order valence-electron chi connectivity index (χ4n) is 23.9. The van der Waals surface area contributed by atoms with Crippen molar-refractivity contribution in [2.75, 3.05) is 9.80 Å². The van der Waals surface area contributed by atoms with E-state index in [0.29, 0.717) is 0 Å². The second-order valence-corrected chi connectivity index (χ2v) is 50.2. The topological polar surface area (TPSA) is 32.3 Å². The Bertz CT molecular complexity index is 8050. The molecule has 4 heterocycles. The average molecular weight is 1690 g/mol. The second-order valence-electron chi connectivity index (χ2n) is 40.0. The molecule has 624 valence electrons. The van der Waals surface area contributed by atoms with Gasteiger partial charge in [-0.3, -0.25) is 9.97 Å². The Balaban J connectivity index is 0.000000151. The van der Waals surface area contributed by atoms with Crippen molar-refractivity contribution in [1.29, 1.82) is 0 Å². The van der Waals surface area contributed by atoms with E-state index in [-0.39, 0.29) is 33.5 Å². The normalized spacial score (nSPS) is 18.6. The van der Waals surface area contributed by atoms with Crippen molar-refractivity contribution in [3.63, 3.8) is 0 Å². The number of benzene rings is 18. The number of hydrogen-bond donors (Lipinski definition) is 0. The number of halogens is 2. The highest BCUT2D eigenvalue weighted by atomic mass is 28.3. The van der Waals surface area contributed by atoms with Gasteiger partial charge in [0.2, 0.25) is 0 Å². The number of rotatable bonds is 10. The van der Waals surface area contributed by atoms with Crippen molar-refractivity contribution in [2.45, 2.75) is 140 Å². The summed E-state index contributed by atoms with van der Waals surface area (Å²) in [6, 6.07) is 116. The predicted octanol–water partition coefficient (Wildman–Crippen LogP) is 32.6. The van der Waals surface area contributed by atoms with Gasteiger partial charge >= 0.3 is 0 Å². The Morgan fingerprint density at radius 3 is 0.984 bits per heavy atom. The minimum atomic E-state index is -1.45. The van der Waals surface area contributed by atoms with Gasteiger partial charge in [-0.15, -0.1) is 0 Å². The van der Waals surface area contributed by atoms with Crippen LogP contribution in [-0.4, -0.2) is 37.2 Å². The Morgan fingerprint density at radius 2 is 0.609 bits per heavy atom. The van der Waals surface area contributed by atoms with E-state index in [4.69, 9.17) is 0 Å². The fourth-order valence-corrected chi connectivity index (χ4v) is 26.2. The van der Waals surface area contributed by atoms with Crippen LogP contribution in [0.5, 0.6) is 0 Å². The fraction of sp³-hybridized carbons (Fsp3) is 0.183. The molecule has 24 rings (SSSR count). The van der Waals surface area contributed by atoms with Gasteiger partial charge in [0.1, 0.15) is 11.6 Å². The summed E-state index contributed by atoms with van der Waals surface area (Å²) >= 11 is 0. The maximum atomic E-state index is 15.1. The summed E-state index contributed by atoms with van der Waals surface area (Å²) in [7, 11) is -2.90. The van der Waals surface area contributed by atoms with Gasteiger partial charge < -0.3 is 9.80 Å². The van der Waals surface area contributed by atoms with Gasteiger partial charge in [0.05, 0.1) is 27.2 Å². The van der Waals surface area contributed by atoms with E-state index in [1.165, 1.54) is 191 Å². The van der Waals surface area contributed by atoms with Crippen LogP contribution >= 0.6 is 0 Å². The molecule has 2 aliphatic heterocycles. The van der Waals surface area contributed by atoms with Crippen LogP contribution in [0, 0.1) is 11.6 Å². The molecule has 0 amide bonds. The number of anilines is 4. The lowest BCUT2D eigenvalue weighted by molar-refractivity contribution is 0.195. The van der Waals surface area contributed by atoms with Crippen LogP contribution in [0.25, 0.3) is 174 Å². The van der Waals surface area contributed by atoms with Crippen molar-refractivity contribution in [2.24, 2.45) is 0 Å². The number of aromatic nitrogens is 2. The molecule has 2 aliphatic carbocycles. The van der Waals surface area contributed by atoms with Crippen molar-refractivity contribution in [3.05, 3.63) is 363 Å². The van der Waals surface area contributed by atoms with Crippen LogP contribution in [0.1, 0.15) is 90.2 Å². The highest BCUT2D eigenvalue weighted by Crippen LogP contribution is 2.65. The van der Waals surface area contributed by atoms with Gasteiger partial charge in [-0.25, -0.2) is 8.78 Å². The number of pyridine rings is 2. The Labute approximate surface area is 750 Å². The SMILES string of the molecule is CC12CCCCC1(C)N(c1cccc(F)c1)c1ccc(-c3c4ccccc4c(-c4ccc5c(c4)C4(C)CCCCC4(C)N5c4cccc(F)c4)c4cc5c(cc34)c(-c3cccnc3)cc3ccccc35)cc12.C[Si](C)(C)c1ccc2cc(-c3c4ccccc4c(-c4ccc5cc([Si](C)(C)C)ccc5c4)c4cc5c(cc34)c(-c3cccnc3)cc3ccccc35)ccc2c1.